The van der Waals surface area contributed by atoms with Gasteiger partial charge in [-0.3, -0.25) is 20.1 Å². The van der Waals surface area contributed by atoms with Crippen LogP contribution in [0.15, 0.2) is 73.1 Å². The van der Waals surface area contributed by atoms with Crippen molar-refractivity contribution in [3.8, 4) is 23.0 Å². The molecule has 0 atom stereocenters. The number of amides is 3. The molecule has 9 heteroatoms. The van der Waals surface area contributed by atoms with Gasteiger partial charge in [0, 0.05) is 29.5 Å². The number of anilines is 1. The maximum Gasteiger partial charge on any atom is 0.326 e. The fraction of sp³-hybridized carbons (Fsp3) is 0.0833. The summed E-state index contributed by atoms with van der Waals surface area (Å²) in [5.41, 5.74) is 1.33. The second-order valence-electron chi connectivity index (χ2n) is 6.78. The summed E-state index contributed by atoms with van der Waals surface area (Å²) >= 11 is 0. The Morgan fingerprint density at radius 2 is 1.58 bits per heavy atom. The lowest BCUT2D eigenvalue weighted by Gasteiger charge is -2.12. The monoisotopic (exact) mass is 444 g/mol. The van der Waals surface area contributed by atoms with Crippen molar-refractivity contribution in [1.82, 2.24) is 15.3 Å². The van der Waals surface area contributed by atoms with Crippen LogP contribution in [-0.2, 0) is 0 Å². The maximum absolute atomic E-state index is 12.1. The molecule has 4 rings (SSSR count). The molecule has 9 nitrogen and oxygen atoms in total. The molecule has 0 saturated carbocycles. The van der Waals surface area contributed by atoms with Crippen molar-refractivity contribution in [2.75, 3.05) is 19.5 Å². The lowest BCUT2D eigenvalue weighted by molar-refractivity contribution is 0.0962. The van der Waals surface area contributed by atoms with Crippen LogP contribution in [0.4, 0.5) is 10.5 Å². The first-order chi connectivity index (χ1) is 16.1. The smallest absolute Gasteiger partial charge is 0.326 e. The van der Waals surface area contributed by atoms with Gasteiger partial charge in [0.15, 0.2) is 11.5 Å². The summed E-state index contributed by atoms with van der Waals surface area (Å²) in [6, 6.07) is 16.2. The number of carbonyl (C=O) groups is 2. The zero-order valence-corrected chi connectivity index (χ0v) is 17.9. The van der Waals surface area contributed by atoms with Gasteiger partial charge in [0.25, 0.3) is 5.91 Å². The number of rotatable bonds is 6. The number of carbonyl (C=O) groups excluding carboxylic acids is 2. The summed E-state index contributed by atoms with van der Waals surface area (Å²) in [6.07, 6.45) is 3.12. The molecule has 0 fully saturated rings. The van der Waals surface area contributed by atoms with Crippen molar-refractivity contribution in [1.29, 1.82) is 0 Å². The van der Waals surface area contributed by atoms with Gasteiger partial charge in [-0.1, -0.05) is 6.07 Å². The van der Waals surface area contributed by atoms with Gasteiger partial charge in [-0.05, 0) is 48.5 Å². The Morgan fingerprint density at radius 3 is 2.27 bits per heavy atom. The molecule has 0 aliphatic heterocycles. The molecule has 0 aliphatic carbocycles. The van der Waals surface area contributed by atoms with Crippen LogP contribution in [0, 0.1) is 0 Å². The number of pyridine rings is 2. The molecule has 0 unspecified atom stereocenters. The Bertz CT molecular complexity index is 1290. The molecular weight excluding hydrogens is 424 g/mol. The van der Waals surface area contributed by atoms with Gasteiger partial charge in [-0.2, -0.15) is 0 Å². The molecule has 166 valence electrons. The van der Waals surface area contributed by atoms with E-state index in [1.165, 1.54) is 12.3 Å². The molecule has 0 aliphatic rings. The Hall–Kier alpha value is -4.66. The number of fused-ring (bicyclic) bond motifs is 1. The molecule has 2 heterocycles. The van der Waals surface area contributed by atoms with Crippen molar-refractivity contribution < 1.29 is 23.8 Å². The first-order valence-electron chi connectivity index (χ1n) is 9.89. The number of hydrogen-bond donors (Lipinski definition) is 2. The summed E-state index contributed by atoms with van der Waals surface area (Å²) in [5.74, 6) is 1.68. The molecule has 2 N–H and O–H groups in total. The molecule has 0 saturated heterocycles. The number of urea groups is 1. The van der Waals surface area contributed by atoms with Crippen LogP contribution in [0.1, 0.15) is 10.5 Å². The summed E-state index contributed by atoms with van der Waals surface area (Å²) in [5, 5.41) is 5.58. The largest absolute Gasteiger partial charge is 0.493 e. The quantitative estimate of drug-likeness (QED) is 0.453. The van der Waals surface area contributed by atoms with Gasteiger partial charge in [-0.25, -0.2) is 4.79 Å². The maximum atomic E-state index is 12.1. The minimum absolute atomic E-state index is 0.148. The third-order valence-electron chi connectivity index (χ3n) is 4.67. The van der Waals surface area contributed by atoms with Gasteiger partial charge in [0.2, 0.25) is 0 Å². The number of ether oxygens (including phenoxy) is 3. The van der Waals surface area contributed by atoms with E-state index in [0.29, 0.717) is 34.2 Å². The second kappa shape index (κ2) is 9.65. The highest BCUT2D eigenvalue weighted by atomic mass is 16.5. The van der Waals surface area contributed by atoms with E-state index in [1.807, 2.05) is 0 Å². The number of nitrogens with zero attached hydrogens (tertiary/aromatic N) is 2. The lowest BCUT2D eigenvalue weighted by atomic mass is 10.2. The zero-order valence-electron chi connectivity index (χ0n) is 17.9. The standard InChI is InChI=1S/C24H20N4O5/c1-31-21-13-17-19(14-22(21)32-2)26-12-10-20(17)33-16-8-6-15(7-9-16)27-24(30)28-23(29)18-5-3-4-11-25-18/h3-14H,1-2H3,(H2,27,28,29,30). The molecule has 2 aromatic heterocycles. The van der Waals surface area contributed by atoms with E-state index >= 15 is 0 Å². The molecule has 0 radical (unpaired) electrons. The first kappa shape index (κ1) is 21.6. The van der Waals surface area contributed by atoms with Crippen LogP contribution < -0.4 is 24.8 Å². The topological polar surface area (TPSA) is 112 Å². The normalized spacial score (nSPS) is 10.4. The van der Waals surface area contributed by atoms with Crippen molar-refractivity contribution in [3.63, 3.8) is 0 Å². The van der Waals surface area contributed by atoms with Gasteiger partial charge in [-0.15, -0.1) is 0 Å². The van der Waals surface area contributed by atoms with Crippen LogP contribution in [0.5, 0.6) is 23.0 Å². The summed E-state index contributed by atoms with van der Waals surface area (Å²) in [4.78, 5) is 32.4. The van der Waals surface area contributed by atoms with Gasteiger partial charge in [0.05, 0.1) is 19.7 Å². The predicted octanol–water partition coefficient (Wildman–Crippen LogP) is 4.40. The van der Waals surface area contributed by atoms with E-state index in [1.54, 1.807) is 75.0 Å². The van der Waals surface area contributed by atoms with Crippen molar-refractivity contribution >= 4 is 28.5 Å². The number of aromatic nitrogens is 2. The Labute approximate surface area is 189 Å². The summed E-state index contributed by atoms with van der Waals surface area (Å²) in [6.45, 7) is 0. The van der Waals surface area contributed by atoms with Gasteiger partial charge >= 0.3 is 6.03 Å². The van der Waals surface area contributed by atoms with E-state index in [2.05, 4.69) is 20.6 Å². The average Bonchev–Trinajstić information content (AvgIpc) is 2.85. The highest BCUT2D eigenvalue weighted by Gasteiger charge is 2.13. The minimum atomic E-state index is -0.666. The summed E-state index contributed by atoms with van der Waals surface area (Å²) in [7, 11) is 3.13. The van der Waals surface area contributed by atoms with Crippen LogP contribution in [0.3, 0.4) is 0 Å². The number of nitrogens with one attached hydrogen (secondary N) is 2. The fourth-order valence-electron chi connectivity index (χ4n) is 3.10. The molecule has 0 spiro atoms. The SMILES string of the molecule is COc1cc2nccc(Oc3ccc(NC(=O)NC(=O)c4ccccn4)cc3)c2cc1OC. The average molecular weight is 444 g/mol. The molecule has 4 aromatic rings. The van der Waals surface area contributed by atoms with Crippen molar-refractivity contribution in [2.24, 2.45) is 0 Å². The second-order valence-corrected chi connectivity index (χ2v) is 6.78. The molecular formula is C24H20N4O5. The third-order valence-corrected chi connectivity index (χ3v) is 4.67. The Morgan fingerprint density at radius 1 is 0.818 bits per heavy atom. The molecule has 3 amide bonds. The van der Waals surface area contributed by atoms with Crippen LogP contribution in [0.2, 0.25) is 0 Å². The Kier molecular flexibility index (Phi) is 6.31. The van der Waals surface area contributed by atoms with Crippen LogP contribution in [0.25, 0.3) is 10.9 Å². The minimum Gasteiger partial charge on any atom is -0.493 e. The molecule has 0 bridgehead atoms. The highest BCUT2D eigenvalue weighted by molar-refractivity contribution is 6.07. The van der Waals surface area contributed by atoms with Crippen LogP contribution >= 0.6 is 0 Å². The third kappa shape index (κ3) is 4.99. The Balaban J connectivity index is 1.45. The van der Waals surface area contributed by atoms with E-state index < -0.39 is 11.9 Å². The van der Waals surface area contributed by atoms with Gasteiger partial charge < -0.3 is 19.5 Å². The molecule has 2 aromatic carbocycles. The van der Waals surface area contributed by atoms with E-state index in [4.69, 9.17) is 14.2 Å². The van der Waals surface area contributed by atoms with Gasteiger partial charge in [0.1, 0.15) is 17.2 Å². The highest BCUT2D eigenvalue weighted by Crippen LogP contribution is 2.36. The zero-order chi connectivity index (χ0) is 23.2. The van der Waals surface area contributed by atoms with E-state index in [-0.39, 0.29) is 5.69 Å². The lowest BCUT2D eigenvalue weighted by Crippen LogP contribution is -2.34. The number of imide groups is 1. The first-order valence-corrected chi connectivity index (χ1v) is 9.89. The predicted molar refractivity (Wildman–Crippen MR) is 122 cm³/mol. The molecule has 33 heavy (non-hydrogen) atoms. The van der Waals surface area contributed by atoms with Crippen LogP contribution in [-0.4, -0.2) is 36.1 Å². The summed E-state index contributed by atoms with van der Waals surface area (Å²) < 4.78 is 16.7. The number of methoxy groups -OCH3 is 2. The van der Waals surface area contributed by atoms with Crippen molar-refractivity contribution in [2.45, 2.75) is 0 Å². The van der Waals surface area contributed by atoms with E-state index in [0.717, 1.165) is 5.39 Å². The van der Waals surface area contributed by atoms with Crippen molar-refractivity contribution in [3.05, 3.63) is 78.8 Å². The van der Waals surface area contributed by atoms with E-state index in [9.17, 15) is 9.59 Å². The number of hydrogen-bond acceptors (Lipinski definition) is 7. The number of benzene rings is 2. The fourth-order valence-corrected chi connectivity index (χ4v) is 3.10.